The molecule has 0 spiro atoms. The zero-order chi connectivity index (χ0) is 17.6. The van der Waals surface area contributed by atoms with Crippen LogP contribution in [0.3, 0.4) is 0 Å². The van der Waals surface area contributed by atoms with Gasteiger partial charge in [0.05, 0.1) is 0 Å². The number of rotatable bonds is 5. The van der Waals surface area contributed by atoms with E-state index in [9.17, 15) is 9.18 Å². The van der Waals surface area contributed by atoms with Crippen LogP contribution in [0.1, 0.15) is 22.8 Å². The Morgan fingerprint density at radius 1 is 0.960 bits per heavy atom. The lowest BCUT2D eigenvalue weighted by Crippen LogP contribution is -2.13. The van der Waals surface area contributed by atoms with E-state index in [-0.39, 0.29) is 11.7 Å². The Hall–Kier alpha value is -3.28. The number of amides is 1. The fourth-order valence-electron chi connectivity index (χ4n) is 2.34. The minimum atomic E-state index is -0.390. The molecular formula is C19H17FN4O. The van der Waals surface area contributed by atoms with Gasteiger partial charge in [-0.1, -0.05) is 25.1 Å². The van der Waals surface area contributed by atoms with E-state index in [2.05, 4.69) is 27.8 Å². The van der Waals surface area contributed by atoms with Crippen molar-refractivity contribution in [3.8, 4) is 0 Å². The van der Waals surface area contributed by atoms with E-state index < -0.39 is 0 Å². The summed E-state index contributed by atoms with van der Waals surface area (Å²) in [5, 5.41) is 13.9. The highest BCUT2D eigenvalue weighted by Crippen LogP contribution is 2.20. The molecule has 0 radical (unpaired) electrons. The van der Waals surface area contributed by atoms with E-state index in [0.29, 0.717) is 17.2 Å². The van der Waals surface area contributed by atoms with Crippen LogP contribution in [-0.2, 0) is 6.42 Å². The maximum absolute atomic E-state index is 12.9. The summed E-state index contributed by atoms with van der Waals surface area (Å²) in [5.41, 5.74) is 2.50. The Labute approximate surface area is 144 Å². The van der Waals surface area contributed by atoms with E-state index in [1.54, 1.807) is 12.1 Å². The first kappa shape index (κ1) is 16.6. The molecular weight excluding hydrogens is 319 g/mol. The van der Waals surface area contributed by atoms with Crippen molar-refractivity contribution in [1.29, 1.82) is 0 Å². The topological polar surface area (TPSA) is 66.9 Å². The first-order valence-corrected chi connectivity index (χ1v) is 7.91. The number of halogens is 1. The largest absolute Gasteiger partial charge is 0.339 e. The molecule has 25 heavy (non-hydrogen) atoms. The number of hydrogen-bond donors (Lipinski definition) is 2. The van der Waals surface area contributed by atoms with E-state index in [1.807, 2.05) is 24.3 Å². The summed E-state index contributed by atoms with van der Waals surface area (Å²) in [6, 6.07) is 16.7. The number of nitrogens with zero attached hydrogens (tertiary/aromatic N) is 2. The van der Waals surface area contributed by atoms with Gasteiger partial charge in [-0.25, -0.2) is 4.39 Å². The van der Waals surface area contributed by atoms with Crippen molar-refractivity contribution in [3.05, 3.63) is 77.6 Å². The van der Waals surface area contributed by atoms with Gasteiger partial charge in [0.1, 0.15) is 5.82 Å². The summed E-state index contributed by atoms with van der Waals surface area (Å²) in [4.78, 5) is 12.1. The molecule has 0 bridgehead atoms. The molecule has 0 saturated carbocycles. The minimum Gasteiger partial charge on any atom is -0.339 e. The van der Waals surface area contributed by atoms with E-state index >= 15 is 0 Å². The summed E-state index contributed by atoms with van der Waals surface area (Å²) in [6.45, 7) is 2.08. The van der Waals surface area contributed by atoms with Gasteiger partial charge in [0.15, 0.2) is 11.6 Å². The van der Waals surface area contributed by atoms with Crippen LogP contribution in [0.25, 0.3) is 0 Å². The predicted molar refractivity (Wildman–Crippen MR) is 95.5 cm³/mol. The molecule has 0 aliphatic carbocycles. The van der Waals surface area contributed by atoms with E-state index in [1.165, 1.54) is 29.8 Å². The molecule has 2 aromatic carbocycles. The van der Waals surface area contributed by atoms with Gasteiger partial charge in [-0.2, -0.15) is 0 Å². The molecule has 0 aliphatic rings. The second kappa shape index (κ2) is 7.53. The number of carbonyl (C=O) groups is 1. The molecule has 0 aliphatic heterocycles. The van der Waals surface area contributed by atoms with Crippen LogP contribution < -0.4 is 10.6 Å². The van der Waals surface area contributed by atoms with Crippen molar-refractivity contribution in [1.82, 2.24) is 10.2 Å². The number of nitrogens with one attached hydrogen (secondary N) is 2. The van der Waals surface area contributed by atoms with E-state index in [4.69, 9.17) is 0 Å². The van der Waals surface area contributed by atoms with Gasteiger partial charge in [0.2, 0.25) is 0 Å². The van der Waals surface area contributed by atoms with Crippen LogP contribution in [0.4, 0.5) is 21.7 Å². The maximum Gasteiger partial charge on any atom is 0.256 e. The molecule has 3 rings (SSSR count). The van der Waals surface area contributed by atoms with Gasteiger partial charge in [-0.3, -0.25) is 4.79 Å². The van der Waals surface area contributed by atoms with Gasteiger partial charge in [-0.15, -0.1) is 10.2 Å². The minimum absolute atomic E-state index is 0.323. The summed E-state index contributed by atoms with van der Waals surface area (Å²) >= 11 is 0. The summed E-state index contributed by atoms with van der Waals surface area (Å²) < 4.78 is 12.9. The first-order chi connectivity index (χ1) is 12.2. The van der Waals surface area contributed by atoms with Crippen molar-refractivity contribution in [3.63, 3.8) is 0 Å². The molecule has 1 heterocycles. The third kappa shape index (κ3) is 4.17. The monoisotopic (exact) mass is 336 g/mol. The lowest BCUT2D eigenvalue weighted by molar-refractivity contribution is 0.102. The average Bonchev–Trinajstić information content (AvgIpc) is 2.64. The van der Waals surface area contributed by atoms with Crippen molar-refractivity contribution in [2.75, 3.05) is 10.6 Å². The Balaban J connectivity index is 1.68. The molecule has 5 nitrogen and oxygen atoms in total. The molecule has 0 atom stereocenters. The third-order valence-corrected chi connectivity index (χ3v) is 3.67. The number of hydrogen-bond acceptors (Lipinski definition) is 4. The fourth-order valence-corrected chi connectivity index (χ4v) is 2.34. The second-order valence-electron chi connectivity index (χ2n) is 5.40. The average molecular weight is 336 g/mol. The van der Waals surface area contributed by atoms with Gasteiger partial charge >= 0.3 is 0 Å². The van der Waals surface area contributed by atoms with Crippen molar-refractivity contribution in [2.24, 2.45) is 0 Å². The Bertz CT molecular complexity index is 863. The zero-order valence-corrected chi connectivity index (χ0v) is 13.7. The molecule has 1 amide bonds. The molecule has 0 fully saturated rings. The molecule has 126 valence electrons. The number of aromatic nitrogens is 2. The summed E-state index contributed by atoms with van der Waals surface area (Å²) in [6.07, 6.45) is 0.905. The first-order valence-electron chi connectivity index (χ1n) is 7.91. The molecule has 0 saturated heterocycles. The van der Waals surface area contributed by atoms with Crippen LogP contribution in [0, 0.1) is 5.82 Å². The predicted octanol–water partition coefficient (Wildman–Crippen LogP) is 4.17. The van der Waals surface area contributed by atoms with Crippen LogP contribution in [0.2, 0.25) is 0 Å². The molecule has 1 aromatic heterocycles. The highest BCUT2D eigenvalue weighted by atomic mass is 19.1. The highest BCUT2D eigenvalue weighted by molar-refractivity contribution is 6.03. The van der Waals surface area contributed by atoms with Crippen LogP contribution in [-0.4, -0.2) is 16.1 Å². The molecule has 2 N–H and O–H groups in total. The van der Waals surface area contributed by atoms with Gasteiger partial charge in [0.25, 0.3) is 5.91 Å². The number of carbonyl (C=O) groups excluding carboxylic acids is 1. The fraction of sp³-hybridized carbons (Fsp3) is 0.105. The van der Waals surface area contributed by atoms with Crippen LogP contribution >= 0.6 is 0 Å². The molecule has 3 aromatic rings. The lowest BCUT2D eigenvalue weighted by atomic mass is 10.1. The normalized spacial score (nSPS) is 10.3. The highest BCUT2D eigenvalue weighted by Gasteiger charge is 2.08. The van der Waals surface area contributed by atoms with Crippen molar-refractivity contribution >= 4 is 23.2 Å². The number of anilines is 3. The van der Waals surface area contributed by atoms with Crippen LogP contribution in [0.15, 0.2) is 60.7 Å². The number of benzene rings is 2. The molecule has 6 heteroatoms. The maximum atomic E-state index is 12.9. The Kier molecular flexibility index (Phi) is 4.99. The Morgan fingerprint density at radius 3 is 2.32 bits per heavy atom. The van der Waals surface area contributed by atoms with Crippen molar-refractivity contribution < 1.29 is 9.18 Å². The van der Waals surface area contributed by atoms with Gasteiger partial charge in [-0.05, 0) is 54.4 Å². The molecule has 0 unspecified atom stereocenters. The number of para-hydroxylation sites is 1. The third-order valence-electron chi connectivity index (χ3n) is 3.67. The Morgan fingerprint density at radius 2 is 1.64 bits per heavy atom. The standard InChI is InChI=1S/C19H17FN4O/c1-2-13-5-3-4-6-16(13)21-17-11-12-18(24-23-17)22-19(25)14-7-9-15(20)10-8-14/h3-12H,2H2,1H3,(H,21,23)(H,22,24,25). The van der Waals surface area contributed by atoms with Crippen LogP contribution in [0.5, 0.6) is 0 Å². The zero-order valence-electron chi connectivity index (χ0n) is 13.7. The van der Waals surface area contributed by atoms with Gasteiger partial charge < -0.3 is 10.6 Å². The summed E-state index contributed by atoms with van der Waals surface area (Å²) in [7, 11) is 0. The lowest BCUT2D eigenvalue weighted by Gasteiger charge is -2.10. The quantitative estimate of drug-likeness (QED) is 0.734. The SMILES string of the molecule is CCc1ccccc1Nc1ccc(NC(=O)c2ccc(F)cc2)nn1. The van der Waals surface area contributed by atoms with Crippen molar-refractivity contribution in [2.45, 2.75) is 13.3 Å². The number of aryl methyl sites for hydroxylation is 1. The van der Waals surface area contributed by atoms with E-state index in [0.717, 1.165) is 12.1 Å². The smallest absolute Gasteiger partial charge is 0.256 e. The summed E-state index contributed by atoms with van der Waals surface area (Å²) in [5.74, 6) is 0.148. The second-order valence-corrected chi connectivity index (χ2v) is 5.40. The van der Waals surface area contributed by atoms with Gasteiger partial charge in [0, 0.05) is 11.3 Å².